The third-order valence-corrected chi connectivity index (χ3v) is 7.45. The highest BCUT2D eigenvalue weighted by atomic mass is 19.1. The van der Waals surface area contributed by atoms with Gasteiger partial charge in [0, 0.05) is 62.2 Å². The van der Waals surface area contributed by atoms with Crippen molar-refractivity contribution in [2.24, 2.45) is 0 Å². The van der Waals surface area contributed by atoms with E-state index in [1.54, 1.807) is 29.0 Å². The third-order valence-electron chi connectivity index (χ3n) is 7.45. The highest BCUT2D eigenvalue weighted by Crippen LogP contribution is 2.34. The quantitative estimate of drug-likeness (QED) is 0.486. The second-order valence-corrected chi connectivity index (χ2v) is 9.93. The van der Waals surface area contributed by atoms with Crippen molar-refractivity contribution in [1.29, 1.82) is 0 Å². The van der Waals surface area contributed by atoms with E-state index >= 15 is 0 Å². The summed E-state index contributed by atoms with van der Waals surface area (Å²) in [5.74, 6) is -1.26. The van der Waals surface area contributed by atoms with Gasteiger partial charge in [-0.1, -0.05) is 13.8 Å². The summed E-state index contributed by atoms with van der Waals surface area (Å²) < 4.78 is 39.7. The largest absolute Gasteiger partial charge is 0.440 e. The molecule has 3 heterocycles. The standard InChI is InChI=1S/C28H31F2N3O5.C2H6/c1-17(31(2)21-14-19(29)13-20(30)15-21)23-11-18(28(36)33-5-3-22(34)4-6-33)12-24-25(35)16-26(38-27(23)24)32-7-9-37-10-8-32;1-2/h11-17,22,34H,3-10H2,1-2H3;1-2H3. The number of aliphatic hydroxyl groups excluding tert-OH is 1. The molecule has 40 heavy (non-hydrogen) atoms. The zero-order valence-corrected chi connectivity index (χ0v) is 23.5. The summed E-state index contributed by atoms with van der Waals surface area (Å²) in [6.45, 7) is 8.81. The van der Waals surface area contributed by atoms with Crippen LogP contribution >= 0.6 is 0 Å². The first-order valence-electron chi connectivity index (χ1n) is 13.8. The first-order chi connectivity index (χ1) is 19.2. The van der Waals surface area contributed by atoms with Gasteiger partial charge in [0.15, 0.2) is 11.3 Å². The number of rotatable bonds is 5. The van der Waals surface area contributed by atoms with Crippen LogP contribution in [0.4, 0.5) is 20.4 Å². The van der Waals surface area contributed by atoms with Crippen molar-refractivity contribution < 1.29 is 27.8 Å². The molecule has 5 rings (SSSR count). The van der Waals surface area contributed by atoms with Gasteiger partial charge in [-0.3, -0.25) is 9.59 Å². The van der Waals surface area contributed by atoms with Gasteiger partial charge in [-0.25, -0.2) is 8.78 Å². The van der Waals surface area contributed by atoms with Crippen molar-refractivity contribution in [3.63, 3.8) is 0 Å². The number of carbonyl (C=O) groups is 1. The second-order valence-electron chi connectivity index (χ2n) is 9.93. The highest BCUT2D eigenvalue weighted by molar-refractivity contribution is 5.99. The monoisotopic (exact) mass is 557 g/mol. The fourth-order valence-electron chi connectivity index (χ4n) is 5.07. The Balaban J connectivity index is 0.00000181. The van der Waals surface area contributed by atoms with E-state index in [2.05, 4.69) is 0 Å². The number of aliphatic hydroxyl groups is 1. The Morgan fingerprint density at radius 3 is 2.25 bits per heavy atom. The Hall–Kier alpha value is -3.50. The van der Waals surface area contributed by atoms with E-state index in [1.807, 2.05) is 25.7 Å². The molecule has 1 aromatic heterocycles. The lowest BCUT2D eigenvalue weighted by molar-refractivity contribution is 0.0546. The summed E-state index contributed by atoms with van der Waals surface area (Å²) in [5, 5.41) is 10.1. The number of piperidine rings is 1. The van der Waals surface area contributed by atoms with Crippen LogP contribution in [0.25, 0.3) is 11.0 Å². The van der Waals surface area contributed by atoms with Crippen LogP contribution < -0.4 is 15.2 Å². The van der Waals surface area contributed by atoms with Gasteiger partial charge >= 0.3 is 0 Å². The van der Waals surface area contributed by atoms with Crippen molar-refractivity contribution in [2.75, 3.05) is 56.2 Å². The molecule has 2 saturated heterocycles. The molecule has 2 aromatic carbocycles. The molecule has 216 valence electrons. The van der Waals surface area contributed by atoms with Crippen LogP contribution in [0.3, 0.4) is 0 Å². The number of halogens is 2. The van der Waals surface area contributed by atoms with Crippen LogP contribution in [0.15, 0.2) is 45.6 Å². The molecule has 10 heteroatoms. The van der Waals surface area contributed by atoms with E-state index in [0.29, 0.717) is 80.5 Å². The Morgan fingerprint density at radius 1 is 1.00 bits per heavy atom. The molecule has 8 nitrogen and oxygen atoms in total. The van der Waals surface area contributed by atoms with E-state index < -0.39 is 23.8 Å². The topological polar surface area (TPSA) is 86.5 Å². The van der Waals surface area contributed by atoms with Gasteiger partial charge in [0.05, 0.1) is 30.7 Å². The molecule has 0 aliphatic carbocycles. The lowest BCUT2D eigenvalue weighted by Gasteiger charge is -2.31. The van der Waals surface area contributed by atoms with Gasteiger partial charge in [0.2, 0.25) is 0 Å². The fourth-order valence-corrected chi connectivity index (χ4v) is 5.07. The normalized spacial score (nSPS) is 16.9. The van der Waals surface area contributed by atoms with Gasteiger partial charge in [-0.2, -0.15) is 0 Å². The van der Waals surface area contributed by atoms with Crippen molar-refractivity contribution in [3.8, 4) is 0 Å². The molecule has 1 unspecified atom stereocenters. The molecular weight excluding hydrogens is 520 g/mol. The summed E-state index contributed by atoms with van der Waals surface area (Å²) in [5.41, 5.74) is 1.20. The Bertz CT molecular complexity index is 1380. The number of carbonyl (C=O) groups excluding carboxylic acids is 1. The lowest BCUT2D eigenvalue weighted by Crippen LogP contribution is -2.40. The Kier molecular flexibility index (Phi) is 9.42. The predicted molar refractivity (Wildman–Crippen MR) is 151 cm³/mol. The van der Waals surface area contributed by atoms with E-state index in [9.17, 15) is 23.5 Å². The summed E-state index contributed by atoms with van der Waals surface area (Å²) in [7, 11) is 1.69. The predicted octanol–water partition coefficient (Wildman–Crippen LogP) is 4.73. The van der Waals surface area contributed by atoms with Crippen molar-refractivity contribution in [3.05, 3.63) is 69.4 Å². The molecule has 3 aromatic rings. The SMILES string of the molecule is CC.CC(c1cc(C(=O)N2CCC(O)CC2)cc2c(=O)cc(N3CCOCC3)oc12)N(C)c1cc(F)cc(F)c1. The van der Waals surface area contributed by atoms with Gasteiger partial charge in [0.25, 0.3) is 5.91 Å². The lowest BCUT2D eigenvalue weighted by atomic mass is 9.98. The van der Waals surface area contributed by atoms with Gasteiger partial charge < -0.3 is 29.0 Å². The number of nitrogens with zero attached hydrogens (tertiary/aromatic N) is 3. The smallest absolute Gasteiger partial charge is 0.253 e. The molecule has 0 spiro atoms. The minimum atomic E-state index is -0.707. The van der Waals surface area contributed by atoms with Crippen LogP contribution in [0.5, 0.6) is 0 Å². The summed E-state index contributed by atoms with van der Waals surface area (Å²) in [6, 6.07) is 7.42. The van der Waals surface area contributed by atoms with E-state index in [1.165, 1.54) is 18.2 Å². The summed E-state index contributed by atoms with van der Waals surface area (Å²) >= 11 is 0. The number of benzene rings is 2. The molecule has 0 bridgehead atoms. The Labute approximate surface area is 232 Å². The summed E-state index contributed by atoms with van der Waals surface area (Å²) in [6.07, 6.45) is 0.542. The maximum atomic E-state index is 14.0. The average Bonchev–Trinajstić information content (AvgIpc) is 2.97. The van der Waals surface area contributed by atoms with Gasteiger partial charge in [0.1, 0.15) is 17.2 Å². The number of ether oxygens (including phenoxy) is 1. The molecule has 1 N–H and O–H groups in total. The maximum Gasteiger partial charge on any atom is 0.253 e. The van der Waals surface area contributed by atoms with Crippen LogP contribution in [0.1, 0.15) is 55.6 Å². The number of likely N-dealkylation sites (tertiary alicyclic amines) is 1. The average molecular weight is 558 g/mol. The minimum absolute atomic E-state index is 0.247. The van der Waals surface area contributed by atoms with E-state index in [-0.39, 0.29) is 16.7 Å². The first-order valence-corrected chi connectivity index (χ1v) is 13.8. The number of morpholine rings is 1. The van der Waals surface area contributed by atoms with E-state index in [0.717, 1.165) is 6.07 Å². The fraction of sp³-hybridized carbons (Fsp3) is 0.467. The van der Waals surface area contributed by atoms with Crippen molar-refractivity contribution in [1.82, 2.24) is 4.90 Å². The van der Waals surface area contributed by atoms with Crippen molar-refractivity contribution in [2.45, 2.75) is 45.8 Å². The van der Waals surface area contributed by atoms with Crippen LogP contribution in [-0.4, -0.2) is 68.5 Å². The molecule has 1 atom stereocenters. The van der Waals surface area contributed by atoms with Gasteiger partial charge in [-0.15, -0.1) is 0 Å². The van der Waals surface area contributed by atoms with Crippen molar-refractivity contribution >= 4 is 28.4 Å². The zero-order chi connectivity index (χ0) is 29.0. The number of anilines is 2. The second kappa shape index (κ2) is 12.8. The number of hydrogen-bond donors (Lipinski definition) is 1. The molecule has 0 saturated carbocycles. The van der Waals surface area contributed by atoms with Crippen LogP contribution in [-0.2, 0) is 4.74 Å². The van der Waals surface area contributed by atoms with Crippen LogP contribution in [0, 0.1) is 11.6 Å². The zero-order valence-electron chi connectivity index (χ0n) is 23.5. The first kappa shape index (κ1) is 29.5. The number of hydrogen-bond acceptors (Lipinski definition) is 7. The molecule has 1 amide bonds. The Morgan fingerprint density at radius 2 is 1.62 bits per heavy atom. The highest BCUT2D eigenvalue weighted by Gasteiger charge is 2.27. The third kappa shape index (κ3) is 6.28. The maximum absolute atomic E-state index is 14.0. The molecule has 0 radical (unpaired) electrons. The molecular formula is C30H37F2N3O5. The van der Waals surface area contributed by atoms with E-state index in [4.69, 9.17) is 9.15 Å². The van der Waals surface area contributed by atoms with Gasteiger partial charge in [-0.05, 0) is 44.0 Å². The number of fused-ring (bicyclic) bond motifs is 1. The molecule has 2 aliphatic heterocycles. The number of amides is 1. The molecule has 2 aliphatic rings. The molecule has 2 fully saturated rings. The summed E-state index contributed by atoms with van der Waals surface area (Å²) in [4.78, 5) is 32.1. The minimum Gasteiger partial charge on any atom is -0.440 e. The van der Waals surface area contributed by atoms with Crippen LogP contribution in [0.2, 0.25) is 0 Å².